The number of methoxy groups -OCH3 is 1. The second-order valence-electron chi connectivity index (χ2n) is 5.42. The van der Waals surface area contributed by atoms with Gasteiger partial charge in [0.05, 0.1) is 20.0 Å². The second-order valence-corrected chi connectivity index (χ2v) is 5.42. The van der Waals surface area contributed by atoms with Crippen molar-refractivity contribution in [2.45, 2.75) is 13.5 Å². The van der Waals surface area contributed by atoms with Crippen LogP contribution >= 0.6 is 0 Å². The number of nitrogens with zero attached hydrogens (tertiary/aromatic N) is 4. The number of imidazole rings is 1. The van der Waals surface area contributed by atoms with Gasteiger partial charge in [0.1, 0.15) is 17.1 Å². The zero-order valence-corrected chi connectivity index (χ0v) is 13.7. The maximum Gasteiger partial charge on any atom is 0.341 e. The van der Waals surface area contributed by atoms with Gasteiger partial charge in [0, 0.05) is 14.1 Å². The van der Waals surface area contributed by atoms with Crippen molar-refractivity contribution in [2.75, 3.05) is 7.11 Å². The highest BCUT2D eigenvalue weighted by molar-refractivity contribution is 5.90. The van der Waals surface area contributed by atoms with E-state index in [0.29, 0.717) is 22.7 Å². The van der Waals surface area contributed by atoms with E-state index in [9.17, 15) is 14.4 Å². The number of rotatable bonds is 3. The van der Waals surface area contributed by atoms with Crippen LogP contribution in [0.1, 0.15) is 21.9 Å². The molecule has 0 N–H and O–H groups in total. The van der Waals surface area contributed by atoms with Crippen LogP contribution in [-0.4, -0.2) is 31.8 Å². The van der Waals surface area contributed by atoms with Crippen LogP contribution in [0.4, 0.5) is 0 Å². The molecule has 0 amide bonds. The molecule has 3 aromatic heterocycles. The van der Waals surface area contributed by atoms with Crippen LogP contribution in [0, 0.1) is 6.92 Å². The first-order chi connectivity index (χ1) is 11.3. The molecular weight excluding hydrogens is 316 g/mol. The van der Waals surface area contributed by atoms with Gasteiger partial charge in [-0.25, -0.2) is 14.6 Å². The molecule has 9 nitrogen and oxygen atoms in total. The molecule has 0 aliphatic heterocycles. The summed E-state index contributed by atoms with van der Waals surface area (Å²) < 4.78 is 14.2. The molecule has 0 aromatic carbocycles. The molecule has 3 heterocycles. The Kier molecular flexibility index (Phi) is 3.63. The van der Waals surface area contributed by atoms with Crippen molar-refractivity contribution in [2.24, 2.45) is 14.1 Å². The third-order valence-electron chi connectivity index (χ3n) is 3.92. The number of hydrogen-bond donors (Lipinski definition) is 0. The Hall–Kier alpha value is -3.10. The lowest BCUT2D eigenvalue weighted by atomic mass is 10.2. The fourth-order valence-electron chi connectivity index (χ4n) is 2.62. The molecule has 3 aromatic rings. The van der Waals surface area contributed by atoms with Gasteiger partial charge >= 0.3 is 11.7 Å². The van der Waals surface area contributed by atoms with Gasteiger partial charge in [-0.1, -0.05) is 0 Å². The molecule has 0 unspecified atom stereocenters. The van der Waals surface area contributed by atoms with Crippen molar-refractivity contribution in [3.8, 4) is 0 Å². The quantitative estimate of drug-likeness (QED) is 0.634. The Balaban J connectivity index is 2.11. The molecule has 126 valence electrons. The molecule has 0 bridgehead atoms. The van der Waals surface area contributed by atoms with Crippen molar-refractivity contribution in [3.63, 3.8) is 0 Å². The van der Waals surface area contributed by atoms with Gasteiger partial charge in [-0.3, -0.25) is 13.9 Å². The van der Waals surface area contributed by atoms with Crippen LogP contribution in [0.2, 0.25) is 0 Å². The molecule has 0 saturated carbocycles. The van der Waals surface area contributed by atoms with Crippen LogP contribution in [0.25, 0.3) is 11.2 Å². The molecule has 0 fully saturated rings. The highest BCUT2D eigenvalue weighted by atomic mass is 16.5. The summed E-state index contributed by atoms with van der Waals surface area (Å²) in [5.74, 6) is 0.418. The second kappa shape index (κ2) is 5.52. The van der Waals surface area contributed by atoms with Crippen molar-refractivity contribution in [1.82, 2.24) is 18.7 Å². The Morgan fingerprint density at radius 1 is 1.29 bits per heavy atom. The minimum Gasteiger partial charge on any atom is -0.465 e. The summed E-state index contributed by atoms with van der Waals surface area (Å²) in [7, 11) is 4.25. The normalized spacial score (nSPS) is 11.2. The number of furan rings is 1. The van der Waals surface area contributed by atoms with Gasteiger partial charge in [-0.15, -0.1) is 0 Å². The fraction of sp³-hybridized carbons (Fsp3) is 0.333. The monoisotopic (exact) mass is 332 g/mol. The van der Waals surface area contributed by atoms with Crippen molar-refractivity contribution in [3.05, 3.63) is 50.3 Å². The third-order valence-corrected chi connectivity index (χ3v) is 3.92. The van der Waals surface area contributed by atoms with E-state index in [-0.39, 0.29) is 12.1 Å². The molecule has 0 radical (unpaired) electrons. The first kappa shape index (κ1) is 15.8. The predicted molar refractivity (Wildman–Crippen MR) is 84.1 cm³/mol. The summed E-state index contributed by atoms with van der Waals surface area (Å²) in [6.45, 7) is 1.85. The van der Waals surface area contributed by atoms with Crippen LogP contribution in [0.5, 0.6) is 0 Å². The number of esters is 1. The Bertz CT molecular complexity index is 1070. The van der Waals surface area contributed by atoms with E-state index >= 15 is 0 Å². The van der Waals surface area contributed by atoms with Gasteiger partial charge in [0.25, 0.3) is 5.56 Å². The molecule has 0 spiro atoms. The molecule has 0 saturated heterocycles. The first-order valence-electron chi connectivity index (χ1n) is 7.13. The number of aryl methyl sites for hydroxylation is 2. The highest BCUT2D eigenvalue weighted by Gasteiger charge is 2.18. The minimum absolute atomic E-state index is 0.196. The maximum absolute atomic E-state index is 12.4. The van der Waals surface area contributed by atoms with E-state index in [1.54, 1.807) is 24.6 Å². The first-order valence-corrected chi connectivity index (χ1v) is 7.13. The third kappa shape index (κ3) is 2.25. The van der Waals surface area contributed by atoms with Crippen molar-refractivity contribution >= 4 is 17.1 Å². The summed E-state index contributed by atoms with van der Waals surface area (Å²) in [5.41, 5.74) is 0.0201. The van der Waals surface area contributed by atoms with E-state index in [4.69, 9.17) is 9.15 Å². The summed E-state index contributed by atoms with van der Waals surface area (Å²) >= 11 is 0. The van der Waals surface area contributed by atoms with Gasteiger partial charge in [-0.2, -0.15) is 0 Å². The van der Waals surface area contributed by atoms with Crippen LogP contribution in [-0.2, 0) is 25.4 Å². The molecule has 0 aliphatic rings. The van der Waals surface area contributed by atoms with E-state index in [2.05, 4.69) is 4.98 Å². The van der Waals surface area contributed by atoms with E-state index < -0.39 is 17.2 Å². The molecule has 9 heteroatoms. The Morgan fingerprint density at radius 3 is 2.67 bits per heavy atom. The van der Waals surface area contributed by atoms with Crippen molar-refractivity contribution in [1.29, 1.82) is 0 Å². The zero-order valence-electron chi connectivity index (χ0n) is 13.7. The molecule has 0 aliphatic carbocycles. The lowest BCUT2D eigenvalue weighted by Crippen LogP contribution is -2.37. The minimum atomic E-state index is -0.490. The van der Waals surface area contributed by atoms with Gasteiger partial charge < -0.3 is 13.7 Å². The van der Waals surface area contributed by atoms with Gasteiger partial charge in [-0.05, 0) is 13.0 Å². The van der Waals surface area contributed by atoms with E-state index in [1.165, 1.54) is 25.1 Å². The van der Waals surface area contributed by atoms with Crippen LogP contribution < -0.4 is 11.2 Å². The highest BCUT2D eigenvalue weighted by Crippen LogP contribution is 2.18. The number of fused-ring (bicyclic) bond motifs is 1. The lowest BCUT2D eigenvalue weighted by Gasteiger charge is -2.05. The van der Waals surface area contributed by atoms with Crippen LogP contribution in [0.15, 0.2) is 26.4 Å². The SMILES string of the molecule is COC(=O)c1cc(Cn2cnc3c2c(=O)n(C)c(=O)n3C)oc1C. The van der Waals surface area contributed by atoms with E-state index in [1.807, 2.05) is 0 Å². The Morgan fingerprint density at radius 2 is 2.00 bits per heavy atom. The number of carbonyl (C=O) groups is 1. The molecule has 0 atom stereocenters. The summed E-state index contributed by atoms with van der Waals surface area (Å²) in [5, 5.41) is 0. The standard InChI is InChI=1S/C15H16N4O5/c1-8-10(14(21)23-4)5-9(24-8)6-19-7-16-12-11(19)13(20)18(3)15(22)17(12)2/h5,7H,6H2,1-4H3. The number of hydrogen-bond acceptors (Lipinski definition) is 6. The summed E-state index contributed by atoms with van der Waals surface area (Å²) in [4.78, 5) is 40.1. The number of ether oxygens (including phenoxy) is 1. The summed E-state index contributed by atoms with van der Waals surface area (Å²) in [6, 6.07) is 1.57. The van der Waals surface area contributed by atoms with E-state index in [0.717, 1.165) is 4.57 Å². The van der Waals surface area contributed by atoms with Crippen molar-refractivity contribution < 1.29 is 13.9 Å². The predicted octanol–water partition coefficient (Wildman–Crippen LogP) is 0.170. The lowest BCUT2D eigenvalue weighted by molar-refractivity contribution is 0.0599. The molecule has 3 rings (SSSR count). The average molecular weight is 332 g/mol. The average Bonchev–Trinajstić information content (AvgIpc) is 3.14. The van der Waals surface area contributed by atoms with Crippen LogP contribution in [0.3, 0.4) is 0 Å². The fourth-order valence-corrected chi connectivity index (χ4v) is 2.62. The molecule has 24 heavy (non-hydrogen) atoms. The summed E-state index contributed by atoms with van der Waals surface area (Å²) in [6.07, 6.45) is 1.46. The number of aromatic nitrogens is 4. The largest absolute Gasteiger partial charge is 0.465 e. The molecular formula is C15H16N4O5. The maximum atomic E-state index is 12.4. The zero-order chi connectivity index (χ0) is 17.6. The van der Waals surface area contributed by atoms with Gasteiger partial charge in [0.15, 0.2) is 11.2 Å². The topological polar surface area (TPSA) is 101 Å². The van der Waals surface area contributed by atoms with Gasteiger partial charge in [0.2, 0.25) is 0 Å². The number of carbonyl (C=O) groups excluding carboxylic acids is 1. The smallest absolute Gasteiger partial charge is 0.341 e. The Labute approximate surface area is 135 Å².